The van der Waals surface area contributed by atoms with Crippen LogP contribution in [0.25, 0.3) is 0 Å². The van der Waals surface area contributed by atoms with Crippen molar-refractivity contribution in [2.75, 3.05) is 6.61 Å². The first-order valence-corrected chi connectivity index (χ1v) is 5.82. The van der Waals surface area contributed by atoms with E-state index in [-0.39, 0.29) is 0 Å². The molecule has 0 aliphatic rings. The summed E-state index contributed by atoms with van der Waals surface area (Å²) in [6, 6.07) is 0.456. The topological polar surface area (TPSA) is 61.0 Å². The fourth-order valence-electron chi connectivity index (χ4n) is 1.53. The van der Waals surface area contributed by atoms with Gasteiger partial charge in [-0.2, -0.15) is 0 Å². The van der Waals surface area contributed by atoms with E-state index in [9.17, 15) is 0 Å². The molecule has 0 bridgehead atoms. The highest BCUT2D eigenvalue weighted by atomic mass is 16.5. The highest BCUT2D eigenvalue weighted by Crippen LogP contribution is 2.10. The number of hydrogen-bond donors (Lipinski definition) is 1. The fourth-order valence-corrected chi connectivity index (χ4v) is 1.53. The molecular formula is C12H21N3O. The summed E-state index contributed by atoms with van der Waals surface area (Å²) in [5.74, 6) is 0.545. The van der Waals surface area contributed by atoms with Crippen LogP contribution in [0.2, 0.25) is 0 Å². The third kappa shape index (κ3) is 3.77. The molecule has 1 aromatic heterocycles. The van der Waals surface area contributed by atoms with Crippen LogP contribution in [0, 0.1) is 12.8 Å². The Morgan fingerprint density at radius 2 is 2.25 bits per heavy atom. The highest BCUT2D eigenvalue weighted by molar-refractivity contribution is 5.17. The molecule has 0 saturated heterocycles. The van der Waals surface area contributed by atoms with E-state index in [4.69, 9.17) is 10.5 Å². The maximum absolute atomic E-state index is 5.54. The van der Waals surface area contributed by atoms with E-state index in [1.54, 1.807) is 6.20 Å². The van der Waals surface area contributed by atoms with Gasteiger partial charge in [0.05, 0.1) is 6.61 Å². The standard InChI is InChI=1S/C12H21N3O/c1-4-5-9(2)8-16-12-14-7-11(6-13)10(3)15-12/h7,9H,4-6,8,13H2,1-3H3. The summed E-state index contributed by atoms with van der Waals surface area (Å²) >= 11 is 0. The van der Waals surface area contributed by atoms with Crippen LogP contribution in [0.4, 0.5) is 0 Å². The van der Waals surface area contributed by atoms with E-state index < -0.39 is 0 Å². The zero-order valence-corrected chi connectivity index (χ0v) is 10.4. The third-order valence-corrected chi connectivity index (χ3v) is 2.56. The van der Waals surface area contributed by atoms with Crippen LogP contribution < -0.4 is 10.5 Å². The average molecular weight is 223 g/mol. The zero-order valence-electron chi connectivity index (χ0n) is 10.4. The van der Waals surface area contributed by atoms with E-state index >= 15 is 0 Å². The van der Waals surface area contributed by atoms with Gasteiger partial charge in [0.25, 0.3) is 0 Å². The highest BCUT2D eigenvalue weighted by Gasteiger charge is 2.05. The van der Waals surface area contributed by atoms with Crippen LogP contribution in [0.15, 0.2) is 6.20 Å². The number of nitrogens with two attached hydrogens (primary N) is 1. The second kappa shape index (κ2) is 6.43. The van der Waals surface area contributed by atoms with Gasteiger partial charge < -0.3 is 10.5 Å². The van der Waals surface area contributed by atoms with Crippen molar-refractivity contribution in [1.29, 1.82) is 0 Å². The molecule has 0 aliphatic heterocycles. The van der Waals surface area contributed by atoms with E-state index in [2.05, 4.69) is 23.8 Å². The maximum Gasteiger partial charge on any atom is 0.316 e. The Morgan fingerprint density at radius 1 is 1.50 bits per heavy atom. The molecule has 1 atom stereocenters. The summed E-state index contributed by atoms with van der Waals surface area (Å²) in [4.78, 5) is 8.39. The Kier molecular flexibility index (Phi) is 5.19. The summed E-state index contributed by atoms with van der Waals surface area (Å²) in [5.41, 5.74) is 7.41. The van der Waals surface area contributed by atoms with Gasteiger partial charge in [-0.3, -0.25) is 0 Å². The Bertz CT molecular complexity index is 328. The van der Waals surface area contributed by atoms with Crippen LogP contribution in [-0.4, -0.2) is 16.6 Å². The summed E-state index contributed by atoms with van der Waals surface area (Å²) in [6.45, 7) is 7.41. The molecule has 0 saturated carbocycles. The predicted molar refractivity (Wildman–Crippen MR) is 64.2 cm³/mol. The normalized spacial score (nSPS) is 12.5. The SMILES string of the molecule is CCCC(C)COc1ncc(CN)c(C)n1. The number of ether oxygens (including phenoxy) is 1. The van der Waals surface area contributed by atoms with Crippen LogP contribution >= 0.6 is 0 Å². The quantitative estimate of drug-likeness (QED) is 0.802. The lowest BCUT2D eigenvalue weighted by Gasteiger charge is -2.11. The number of hydrogen-bond acceptors (Lipinski definition) is 4. The lowest BCUT2D eigenvalue weighted by Crippen LogP contribution is -2.11. The Hall–Kier alpha value is -1.16. The van der Waals surface area contributed by atoms with Gasteiger partial charge >= 0.3 is 6.01 Å². The van der Waals surface area contributed by atoms with Crippen molar-refractivity contribution in [3.8, 4) is 6.01 Å². The van der Waals surface area contributed by atoms with Crippen LogP contribution in [-0.2, 0) is 6.54 Å². The van der Waals surface area contributed by atoms with E-state index in [1.807, 2.05) is 6.92 Å². The first-order valence-electron chi connectivity index (χ1n) is 5.82. The molecule has 90 valence electrons. The maximum atomic E-state index is 5.54. The zero-order chi connectivity index (χ0) is 12.0. The van der Waals surface area contributed by atoms with Crippen molar-refractivity contribution in [3.05, 3.63) is 17.5 Å². The second-order valence-electron chi connectivity index (χ2n) is 4.17. The molecule has 0 spiro atoms. The van der Waals surface area contributed by atoms with Gasteiger partial charge in [-0.1, -0.05) is 20.3 Å². The van der Waals surface area contributed by atoms with Crippen LogP contribution in [0.5, 0.6) is 6.01 Å². The van der Waals surface area contributed by atoms with Crippen LogP contribution in [0.1, 0.15) is 37.9 Å². The number of nitrogens with zero attached hydrogens (tertiary/aromatic N) is 2. The molecule has 0 radical (unpaired) electrons. The van der Waals surface area contributed by atoms with Gasteiger partial charge in [0, 0.05) is 24.0 Å². The van der Waals surface area contributed by atoms with E-state index in [0.717, 1.165) is 11.3 Å². The smallest absolute Gasteiger partial charge is 0.316 e. The lowest BCUT2D eigenvalue weighted by atomic mass is 10.1. The lowest BCUT2D eigenvalue weighted by molar-refractivity contribution is 0.233. The minimum atomic E-state index is 0.456. The van der Waals surface area contributed by atoms with E-state index in [0.29, 0.717) is 25.1 Å². The van der Waals surface area contributed by atoms with Gasteiger partial charge in [0.2, 0.25) is 0 Å². The molecule has 16 heavy (non-hydrogen) atoms. The number of aryl methyl sites for hydroxylation is 1. The molecule has 2 N–H and O–H groups in total. The average Bonchev–Trinajstić information content (AvgIpc) is 2.27. The molecule has 1 heterocycles. The second-order valence-corrected chi connectivity index (χ2v) is 4.17. The number of rotatable bonds is 6. The number of aromatic nitrogens is 2. The Balaban J connectivity index is 2.51. The molecule has 1 aromatic rings. The van der Waals surface area contributed by atoms with Gasteiger partial charge in [-0.05, 0) is 19.3 Å². The summed E-state index contributed by atoms with van der Waals surface area (Å²) < 4.78 is 5.54. The largest absolute Gasteiger partial charge is 0.463 e. The first kappa shape index (κ1) is 12.9. The van der Waals surface area contributed by atoms with E-state index in [1.165, 1.54) is 12.8 Å². The molecule has 1 unspecified atom stereocenters. The van der Waals surface area contributed by atoms with Crippen molar-refractivity contribution in [2.24, 2.45) is 11.7 Å². The Labute approximate surface area is 97.2 Å². The van der Waals surface area contributed by atoms with Crippen LogP contribution in [0.3, 0.4) is 0 Å². The van der Waals surface area contributed by atoms with Crippen molar-refractivity contribution < 1.29 is 4.74 Å². The predicted octanol–water partition coefficient (Wildman–Crippen LogP) is 2.06. The molecular weight excluding hydrogens is 202 g/mol. The summed E-state index contributed by atoms with van der Waals surface area (Å²) in [7, 11) is 0. The van der Waals surface area contributed by atoms with Crippen molar-refractivity contribution >= 4 is 0 Å². The summed E-state index contributed by atoms with van der Waals surface area (Å²) in [6.07, 6.45) is 4.08. The molecule has 1 rings (SSSR count). The van der Waals surface area contributed by atoms with Crippen molar-refractivity contribution in [3.63, 3.8) is 0 Å². The van der Waals surface area contributed by atoms with Gasteiger partial charge in [-0.25, -0.2) is 9.97 Å². The monoisotopic (exact) mass is 223 g/mol. The minimum absolute atomic E-state index is 0.456. The molecule has 0 aliphatic carbocycles. The first-order chi connectivity index (χ1) is 7.67. The minimum Gasteiger partial charge on any atom is -0.463 e. The molecule has 4 nitrogen and oxygen atoms in total. The summed E-state index contributed by atoms with van der Waals surface area (Å²) in [5, 5.41) is 0. The molecule has 0 amide bonds. The molecule has 4 heteroatoms. The van der Waals surface area contributed by atoms with Gasteiger partial charge in [0.15, 0.2) is 0 Å². The van der Waals surface area contributed by atoms with Gasteiger partial charge in [-0.15, -0.1) is 0 Å². The van der Waals surface area contributed by atoms with Crippen molar-refractivity contribution in [1.82, 2.24) is 9.97 Å². The van der Waals surface area contributed by atoms with Gasteiger partial charge in [0.1, 0.15) is 0 Å². The van der Waals surface area contributed by atoms with Crippen molar-refractivity contribution in [2.45, 2.75) is 40.2 Å². The Morgan fingerprint density at radius 3 is 2.81 bits per heavy atom. The molecule has 0 fully saturated rings. The third-order valence-electron chi connectivity index (χ3n) is 2.56. The fraction of sp³-hybridized carbons (Fsp3) is 0.667. The molecule has 0 aromatic carbocycles.